The summed E-state index contributed by atoms with van der Waals surface area (Å²) >= 11 is 0. The van der Waals surface area contributed by atoms with Crippen LogP contribution in [0.1, 0.15) is 23.0 Å². The lowest BCUT2D eigenvalue weighted by Crippen LogP contribution is -2.37. The molecule has 0 radical (unpaired) electrons. The number of aryl methyl sites for hydroxylation is 2. The Morgan fingerprint density at radius 2 is 2.12 bits per heavy atom. The summed E-state index contributed by atoms with van der Waals surface area (Å²) in [5.41, 5.74) is 3.39. The maximum atomic E-state index is 12.2. The molecule has 0 saturated carbocycles. The Hall–Kier alpha value is -2.54. The van der Waals surface area contributed by atoms with Gasteiger partial charge in [0.25, 0.3) is 0 Å². The van der Waals surface area contributed by atoms with Crippen LogP contribution in [0.4, 0.5) is 10.5 Å². The highest BCUT2D eigenvalue weighted by Crippen LogP contribution is 2.22. The molecule has 7 heteroatoms. The number of amides is 2. The first-order chi connectivity index (χ1) is 11.4. The van der Waals surface area contributed by atoms with E-state index in [2.05, 4.69) is 25.7 Å². The molecule has 0 saturated heterocycles. The van der Waals surface area contributed by atoms with Crippen LogP contribution in [0.15, 0.2) is 24.3 Å². The van der Waals surface area contributed by atoms with E-state index < -0.39 is 0 Å². The Labute approximate surface area is 142 Å². The molecule has 7 nitrogen and oxygen atoms in total. The first kappa shape index (κ1) is 17.8. The van der Waals surface area contributed by atoms with Gasteiger partial charge in [-0.3, -0.25) is 5.10 Å². The number of anilines is 1. The minimum Gasteiger partial charge on any atom is -0.497 e. The summed E-state index contributed by atoms with van der Waals surface area (Å²) < 4.78 is 5.28. The molecule has 0 bridgehead atoms. The normalized spacial score (nSPS) is 12.1. The zero-order valence-corrected chi connectivity index (χ0v) is 14.8. The summed E-state index contributed by atoms with van der Waals surface area (Å²) in [6, 6.07) is 7.64. The highest BCUT2D eigenvalue weighted by Gasteiger charge is 2.17. The number of H-pyrrole nitrogens is 1. The van der Waals surface area contributed by atoms with Crippen molar-refractivity contribution in [3.63, 3.8) is 0 Å². The standard InChI is InChI=1S/C17H25N5O2/c1-11-16(12(2)21-20-11)19-17(23)18-10-15(22(3)4)13-7-6-8-14(9-13)24-5/h6-9,15H,10H2,1-5H3,(H,20,21)(H2,18,19,23)/t15-/m0/s1. The van der Waals surface area contributed by atoms with E-state index in [-0.39, 0.29) is 12.1 Å². The molecule has 0 aliphatic carbocycles. The van der Waals surface area contributed by atoms with Gasteiger partial charge in [-0.25, -0.2) is 4.79 Å². The largest absolute Gasteiger partial charge is 0.497 e. The number of carbonyl (C=O) groups excluding carboxylic acids is 1. The molecular formula is C17H25N5O2. The van der Waals surface area contributed by atoms with Crippen LogP contribution >= 0.6 is 0 Å². The summed E-state index contributed by atoms with van der Waals surface area (Å²) in [4.78, 5) is 14.2. The van der Waals surface area contributed by atoms with E-state index >= 15 is 0 Å². The quantitative estimate of drug-likeness (QED) is 0.759. The summed E-state index contributed by atoms with van der Waals surface area (Å²) in [6.45, 7) is 4.19. The Morgan fingerprint density at radius 3 is 2.71 bits per heavy atom. The maximum absolute atomic E-state index is 12.2. The number of carbonyl (C=O) groups is 1. The molecule has 1 aromatic heterocycles. The predicted molar refractivity (Wildman–Crippen MR) is 94.5 cm³/mol. The summed E-state index contributed by atoms with van der Waals surface area (Å²) in [5, 5.41) is 12.7. The van der Waals surface area contributed by atoms with Crippen molar-refractivity contribution < 1.29 is 9.53 Å². The number of rotatable bonds is 6. The Balaban J connectivity index is 2.02. The zero-order chi connectivity index (χ0) is 17.7. The number of aromatic nitrogens is 2. The Morgan fingerprint density at radius 1 is 1.38 bits per heavy atom. The van der Waals surface area contributed by atoms with Gasteiger partial charge in [0, 0.05) is 6.54 Å². The molecule has 2 aromatic rings. The number of likely N-dealkylation sites (N-methyl/N-ethyl adjacent to an activating group) is 1. The molecule has 0 aliphatic rings. The summed E-state index contributed by atoms with van der Waals surface area (Å²) in [7, 11) is 5.60. The van der Waals surface area contributed by atoms with Crippen molar-refractivity contribution in [2.75, 3.05) is 33.1 Å². The van der Waals surface area contributed by atoms with E-state index in [9.17, 15) is 4.79 Å². The molecule has 1 heterocycles. The van der Waals surface area contributed by atoms with Gasteiger partial charge in [0.2, 0.25) is 0 Å². The van der Waals surface area contributed by atoms with Crippen molar-refractivity contribution in [3.8, 4) is 5.75 Å². The van der Waals surface area contributed by atoms with Crippen LogP contribution < -0.4 is 15.4 Å². The van der Waals surface area contributed by atoms with E-state index in [4.69, 9.17) is 4.74 Å². The number of hydrogen-bond acceptors (Lipinski definition) is 4. The van der Waals surface area contributed by atoms with Gasteiger partial charge in [0.15, 0.2) is 0 Å². The van der Waals surface area contributed by atoms with Crippen molar-refractivity contribution >= 4 is 11.7 Å². The number of urea groups is 1. The van der Waals surface area contributed by atoms with Crippen molar-refractivity contribution in [1.82, 2.24) is 20.4 Å². The molecule has 130 valence electrons. The van der Waals surface area contributed by atoms with Gasteiger partial charge in [0.05, 0.1) is 30.2 Å². The fourth-order valence-corrected chi connectivity index (χ4v) is 2.53. The highest BCUT2D eigenvalue weighted by atomic mass is 16.5. The number of benzene rings is 1. The second-order valence-corrected chi connectivity index (χ2v) is 5.90. The van der Waals surface area contributed by atoms with Crippen LogP contribution in [0.2, 0.25) is 0 Å². The maximum Gasteiger partial charge on any atom is 0.319 e. The molecule has 0 unspecified atom stereocenters. The number of hydrogen-bond donors (Lipinski definition) is 3. The van der Waals surface area contributed by atoms with Gasteiger partial charge in [-0.15, -0.1) is 0 Å². The SMILES string of the molecule is COc1cccc([C@H](CNC(=O)Nc2c(C)n[nH]c2C)N(C)C)c1. The zero-order valence-electron chi connectivity index (χ0n) is 14.8. The van der Waals surface area contributed by atoms with E-state index in [1.165, 1.54) is 0 Å². The third-order valence-electron chi connectivity index (χ3n) is 3.92. The van der Waals surface area contributed by atoms with Crippen molar-refractivity contribution in [2.24, 2.45) is 0 Å². The number of nitrogens with zero attached hydrogens (tertiary/aromatic N) is 2. The molecule has 2 amide bonds. The summed E-state index contributed by atoms with van der Waals surface area (Å²) in [6.07, 6.45) is 0. The summed E-state index contributed by atoms with van der Waals surface area (Å²) in [5.74, 6) is 0.799. The molecule has 0 spiro atoms. The molecule has 2 rings (SSSR count). The third-order valence-corrected chi connectivity index (χ3v) is 3.92. The fourth-order valence-electron chi connectivity index (χ4n) is 2.53. The number of ether oxygens (including phenoxy) is 1. The van der Waals surface area contributed by atoms with Crippen LogP contribution in [-0.4, -0.2) is 48.9 Å². The van der Waals surface area contributed by atoms with Crippen molar-refractivity contribution in [1.29, 1.82) is 0 Å². The first-order valence-corrected chi connectivity index (χ1v) is 7.79. The van der Waals surface area contributed by atoms with Crippen molar-refractivity contribution in [2.45, 2.75) is 19.9 Å². The Bertz CT molecular complexity index is 677. The van der Waals surface area contributed by atoms with E-state index in [0.717, 1.165) is 28.4 Å². The van der Waals surface area contributed by atoms with E-state index in [0.29, 0.717) is 6.54 Å². The van der Waals surface area contributed by atoms with Gasteiger partial charge >= 0.3 is 6.03 Å². The van der Waals surface area contributed by atoms with Gasteiger partial charge in [-0.1, -0.05) is 12.1 Å². The molecule has 1 atom stereocenters. The first-order valence-electron chi connectivity index (χ1n) is 7.79. The monoisotopic (exact) mass is 331 g/mol. The van der Waals surface area contributed by atoms with Gasteiger partial charge in [0.1, 0.15) is 5.75 Å². The van der Waals surface area contributed by atoms with E-state index in [1.54, 1.807) is 7.11 Å². The van der Waals surface area contributed by atoms with Crippen LogP contribution in [-0.2, 0) is 0 Å². The number of methoxy groups -OCH3 is 1. The van der Waals surface area contributed by atoms with Crippen molar-refractivity contribution in [3.05, 3.63) is 41.2 Å². The lowest BCUT2D eigenvalue weighted by Gasteiger charge is -2.25. The minimum absolute atomic E-state index is 0.0393. The second kappa shape index (κ2) is 7.83. The highest BCUT2D eigenvalue weighted by molar-refractivity contribution is 5.90. The minimum atomic E-state index is -0.252. The lowest BCUT2D eigenvalue weighted by atomic mass is 10.1. The van der Waals surface area contributed by atoms with Crippen LogP contribution in [0.5, 0.6) is 5.75 Å². The second-order valence-electron chi connectivity index (χ2n) is 5.90. The number of aromatic amines is 1. The molecular weight excluding hydrogens is 306 g/mol. The van der Waals surface area contributed by atoms with Gasteiger partial charge in [-0.05, 0) is 45.6 Å². The topological polar surface area (TPSA) is 82.3 Å². The molecule has 24 heavy (non-hydrogen) atoms. The van der Waals surface area contributed by atoms with Crippen LogP contribution in [0, 0.1) is 13.8 Å². The Kier molecular flexibility index (Phi) is 5.81. The predicted octanol–water partition coefficient (Wildman–Crippen LogP) is 2.46. The average molecular weight is 331 g/mol. The van der Waals surface area contributed by atoms with Gasteiger partial charge < -0.3 is 20.3 Å². The van der Waals surface area contributed by atoms with Gasteiger partial charge in [-0.2, -0.15) is 5.10 Å². The molecule has 3 N–H and O–H groups in total. The molecule has 1 aromatic carbocycles. The van der Waals surface area contributed by atoms with E-state index in [1.807, 2.05) is 52.2 Å². The number of nitrogens with one attached hydrogen (secondary N) is 3. The lowest BCUT2D eigenvalue weighted by molar-refractivity contribution is 0.243. The molecule has 0 aliphatic heterocycles. The average Bonchev–Trinajstić information content (AvgIpc) is 2.87. The van der Waals surface area contributed by atoms with Crippen LogP contribution in [0.3, 0.4) is 0 Å². The van der Waals surface area contributed by atoms with Crippen LogP contribution in [0.25, 0.3) is 0 Å². The smallest absolute Gasteiger partial charge is 0.319 e. The molecule has 0 fully saturated rings. The fraction of sp³-hybridized carbons (Fsp3) is 0.412. The third kappa shape index (κ3) is 4.26.